The van der Waals surface area contributed by atoms with Crippen LogP contribution >= 0.6 is 0 Å². The Kier molecular flexibility index (Phi) is 15.1. The second kappa shape index (κ2) is 19.1. The number of carboxylic acid groups (broad SMARTS) is 3. The first-order valence-corrected chi connectivity index (χ1v) is 20.8. The topological polar surface area (TPSA) is 188 Å². The molecule has 1 aliphatic heterocycles. The highest BCUT2D eigenvalue weighted by Crippen LogP contribution is 2.67. The molecule has 0 bridgehead atoms. The number of nitrogens with zero attached hydrogens (tertiary/aromatic N) is 4. The lowest BCUT2D eigenvalue weighted by molar-refractivity contribution is -0.166. The predicted octanol–water partition coefficient (Wildman–Crippen LogP) is 2.87. The summed E-state index contributed by atoms with van der Waals surface area (Å²) < 4.78 is 5.89. The van der Waals surface area contributed by atoms with E-state index in [0.717, 1.165) is 70.8 Å². The fraction of sp³-hybridized carbons (Fsp3) is 0.829. The Morgan fingerprint density at radius 1 is 0.691 bits per heavy atom. The number of aliphatic carboxylic acids is 3. The molecule has 0 amide bonds. The van der Waals surface area contributed by atoms with Gasteiger partial charge in [-0.15, -0.1) is 0 Å². The summed E-state index contributed by atoms with van der Waals surface area (Å²) in [6.07, 6.45) is 12.1. The maximum absolute atomic E-state index is 13.7. The average molecular weight is 775 g/mol. The van der Waals surface area contributed by atoms with Gasteiger partial charge in [0, 0.05) is 70.8 Å². The van der Waals surface area contributed by atoms with Crippen molar-refractivity contribution in [3.8, 4) is 0 Å². The first-order valence-electron chi connectivity index (χ1n) is 20.8. The number of fused-ring (bicyclic) bond motifs is 5. The van der Waals surface area contributed by atoms with Crippen molar-refractivity contribution >= 4 is 29.5 Å². The van der Waals surface area contributed by atoms with Crippen LogP contribution in [0.1, 0.15) is 90.9 Å². The van der Waals surface area contributed by atoms with Crippen LogP contribution in [0.15, 0.2) is 11.6 Å². The van der Waals surface area contributed by atoms with Crippen LogP contribution in [0.2, 0.25) is 0 Å². The van der Waals surface area contributed by atoms with Crippen LogP contribution in [0, 0.1) is 28.6 Å². The molecule has 0 radical (unpaired) electrons. The molecule has 1 saturated heterocycles. The van der Waals surface area contributed by atoms with Crippen LogP contribution in [0.3, 0.4) is 0 Å². The van der Waals surface area contributed by atoms with Crippen LogP contribution in [0.4, 0.5) is 0 Å². The Bertz CT molecular complexity index is 1390. The lowest BCUT2D eigenvalue weighted by Gasteiger charge is -2.58. The largest absolute Gasteiger partial charge is 0.480 e. The molecule has 0 aromatic heterocycles. The minimum Gasteiger partial charge on any atom is -0.480 e. The molecule has 4 aliphatic carbocycles. The summed E-state index contributed by atoms with van der Waals surface area (Å²) in [5.74, 6) is -1.55. The number of ether oxygens (including phenoxy) is 1. The van der Waals surface area contributed by atoms with E-state index in [9.17, 15) is 44.4 Å². The number of Topliss-reactive ketones (excluding diaryl/α,β-unsaturated/α-hetero) is 1. The molecule has 4 fully saturated rings. The van der Waals surface area contributed by atoms with Crippen molar-refractivity contribution in [2.75, 3.05) is 91.8 Å². The summed E-state index contributed by atoms with van der Waals surface area (Å²) in [5, 5.41) is 40.3. The molecule has 0 unspecified atom stereocenters. The first kappa shape index (κ1) is 43.4. The normalized spacial score (nSPS) is 33.0. The van der Waals surface area contributed by atoms with Crippen molar-refractivity contribution in [3.63, 3.8) is 0 Å². The van der Waals surface area contributed by atoms with Gasteiger partial charge in [-0.05, 0) is 93.6 Å². The van der Waals surface area contributed by atoms with Crippen LogP contribution < -0.4 is 0 Å². The summed E-state index contributed by atoms with van der Waals surface area (Å²) in [7, 11) is 0. The first-order chi connectivity index (χ1) is 26.1. The maximum atomic E-state index is 13.7. The third kappa shape index (κ3) is 10.6. The van der Waals surface area contributed by atoms with Gasteiger partial charge in [0.1, 0.15) is 12.2 Å². The summed E-state index contributed by atoms with van der Waals surface area (Å²) in [6, 6.07) is 0. The smallest absolute Gasteiger partial charge is 0.317 e. The Labute approximate surface area is 326 Å². The van der Waals surface area contributed by atoms with E-state index in [1.54, 1.807) is 4.90 Å². The quantitative estimate of drug-likeness (QED) is 0.168. The van der Waals surface area contributed by atoms with E-state index >= 15 is 0 Å². The van der Waals surface area contributed by atoms with Crippen molar-refractivity contribution < 1.29 is 49.1 Å². The van der Waals surface area contributed by atoms with E-state index < -0.39 is 28.9 Å². The Morgan fingerprint density at radius 3 is 1.78 bits per heavy atom. The minimum atomic E-state index is -1.37. The summed E-state index contributed by atoms with van der Waals surface area (Å²) in [6.45, 7) is 8.92. The Balaban J connectivity index is 1.05. The van der Waals surface area contributed by atoms with Crippen molar-refractivity contribution in [2.24, 2.45) is 28.6 Å². The number of rotatable bonds is 16. The molecule has 1 heterocycles. The zero-order chi connectivity index (χ0) is 39.8. The van der Waals surface area contributed by atoms with Gasteiger partial charge >= 0.3 is 17.9 Å². The highest BCUT2D eigenvalue weighted by Gasteiger charge is 2.66. The number of carbonyl (C=O) groups is 5. The molecule has 5 aliphatic rings. The van der Waals surface area contributed by atoms with Gasteiger partial charge in [-0.25, -0.2) is 0 Å². The molecule has 0 aromatic carbocycles. The molecule has 0 spiro atoms. The molecule has 55 heavy (non-hydrogen) atoms. The van der Waals surface area contributed by atoms with Crippen molar-refractivity contribution in [3.05, 3.63) is 11.6 Å². The van der Waals surface area contributed by atoms with Crippen LogP contribution in [0.5, 0.6) is 0 Å². The second-order valence-electron chi connectivity index (χ2n) is 17.6. The van der Waals surface area contributed by atoms with Crippen LogP contribution in [-0.2, 0) is 28.7 Å². The van der Waals surface area contributed by atoms with Crippen molar-refractivity contribution in [2.45, 2.75) is 96.5 Å². The summed E-state index contributed by atoms with van der Waals surface area (Å²) >= 11 is 0. The van der Waals surface area contributed by atoms with Crippen molar-refractivity contribution in [1.29, 1.82) is 0 Å². The molecule has 14 heteroatoms. The van der Waals surface area contributed by atoms with Gasteiger partial charge in [0.25, 0.3) is 0 Å². The number of aliphatic hydroxyl groups is 1. The SMILES string of the molecule is C[C@]12CCC(=O)C=C1CC[C@@H]1[C@@H]2CC[C@@]2(C)[C@H]1CC[C@]2(O)C(=O)COCCCCCCN1CCN(CC(=O)O)CCN(CC(=O)O)CCN(CC(=O)O)CC1. The van der Waals surface area contributed by atoms with Gasteiger partial charge in [0.15, 0.2) is 11.6 Å². The zero-order valence-electron chi connectivity index (χ0n) is 33.2. The molecule has 0 aromatic rings. The highest BCUT2D eigenvalue weighted by molar-refractivity contribution is 5.92. The predicted molar refractivity (Wildman–Crippen MR) is 205 cm³/mol. The average Bonchev–Trinajstić information content (AvgIpc) is 3.40. The van der Waals surface area contributed by atoms with Crippen LogP contribution in [0.25, 0.3) is 0 Å². The minimum absolute atomic E-state index is 0.0528. The third-order valence-corrected chi connectivity index (χ3v) is 14.3. The van der Waals surface area contributed by atoms with Crippen LogP contribution in [-0.4, -0.2) is 167 Å². The molecule has 4 N–H and O–H groups in total. The number of carbonyl (C=O) groups excluding carboxylic acids is 2. The fourth-order valence-electron chi connectivity index (χ4n) is 11.1. The Hall–Kier alpha value is -2.75. The molecular formula is C41H66N4O10. The van der Waals surface area contributed by atoms with E-state index in [2.05, 4.69) is 18.7 Å². The number of hydrogen-bond donors (Lipinski definition) is 4. The number of hydrogen-bond acceptors (Lipinski definition) is 11. The molecule has 6 atom stereocenters. The van der Waals surface area contributed by atoms with Gasteiger partial charge < -0.3 is 30.1 Å². The monoisotopic (exact) mass is 774 g/mol. The second-order valence-corrected chi connectivity index (χ2v) is 17.6. The number of carboxylic acids is 3. The Morgan fingerprint density at radius 2 is 1.22 bits per heavy atom. The van der Waals surface area contributed by atoms with Crippen molar-refractivity contribution in [1.82, 2.24) is 19.6 Å². The number of allylic oxidation sites excluding steroid dienone is 1. The highest BCUT2D eigenvalue weighted by atomic mass is 16.5. The standard InChI is InChI=1S/C41H66N4O10/c1-39-12-9-31(46)25-30(39)7-8-32-33(39)10-13-40(2)34(32)11-14-41(40,54)35(47)29-55-24-6-4-3-5-15-42-16-18-43(26-36(48)49)20-22-45(28-38(52)53)23-21-44(19-17-42)27-37(50)51/h25,32-34,54H,3-24,26-29H2,1-2H3,(H,48,49)(H,50,51)(H,52,53)/t32-,33+,34+,39+,40+,41+/m1/s1. The summed E-state index contributed by atoms with van der Waals surface area (Å²) in [5.41, 5.74) is -0.461. The van der Waals surface area contributed by atoms with E-state index in [4.69, 9.17) is 4.74 Å². The maximum Gasteiger partial charge on any atom is 0.317 e. The lowest BCUT2D eigenvalue weighted by Crippen LogP contribution is -2.58. The molecule has 310 valence electrons. The zero-order valence-corrected chi connectivity index (χ0v) is 33.2. The molecule has 5 rings (SSSR count). The number of unbranched alkanes of at least 4 members (excludes halogenated alkanes) is 3. The molecule has 3 saturated carbocycles. The van der Waals surface area contributed by atoms with Gasteiger partial charge in [-0.3, -0.25) is 38.7 Å². The van der Waals surface area contributed by atoms with Gasteiger partial charge in [-0.2, -0.15) is 0 Å². The summed E-state index contributed by atoms with van der Waals surface area (Å²) in [4.78, 5) is 68.0. The fourth-order valence-corrected chi connectivity index (χ4v) is 11.1. The van der Waals surface area contributed by atoms with E-state index in [1.807, 2.05) is 15.9 Å². The lowest BCUT2D eigenvalue weighted by atomic mass is 9.46. The van der Waals surface area contributed by atoms with E-state index in [-0.39, 0.29) is 43.2 Å². The van der Waals surface area contributed by atoms with E-state index in [1.165, 1.54) is 5.57 Å². The van der Waals surface area contributed by atoms with Gasteiger partial charge in [0.05, 0.1) is 19.6 Å². The van der Waals surface area contributed by atoms with Gasteiger partial charge in [0.2, 0.25) is 0 Å². The van der Waals surface area contributed by atoms with Gasteiger partial charge in [-0.1, -0.05) is 32.3 Å². The third-order valence-electron chi connectivity index (χ3n) is 14.3. The number of ketones is 2. The molecule has 14 nitrogen and oxygen atoms in total. The van der Waals surface area contributed by atoms with E-state index in [0.29, 0.717) is 89.6 Å². The molecular weight excluding hydrogens is 708 g/mol.